The molecule has 0 aliphatic carbocycles. The lowest BCUT2D eigenvalue weighted by Crippen LogP contribution is -2.47. The van der Waals surface area contributed by atoms with Crippen molar-refractivity contribution in [2.45, 2.75) is 45.7 Å². The Hall–Kier alpha value is -0.660. The Morgan fingerprint density at radius 3 is 2.32 bits per heavy atom. The highest BCUT2D eigenvalue weighted by Gasteiger charge is 2.26. The monoisotopic (exact) mass is 290 g/mol. The molecule has 0 unspecified atom stereocenters. The van der Waals surface area contributed by atoms with E-state index in [1.807, 2.05) is 0 Å². The van der Waals surface area contributed by atoms with Crippen LogP contribution in [0.4, 0.5) is 0 Å². The number of carbonyl (C=O) groups is 1. The molecule has 1 saturated heterocycles. The van der Waals surface area contributed by atoms with Crippen molar-refractivity contribution in [2.75, 3.05) is 18.8 Å². The van der Waals surface area contributed by atoms with Gasteiger partial charge >= 0.3 is 0 Å². The van der Waals surface area contributed by atoms with Crippen LogP contribution in [0.25, 0.3) is 0 Å². The van der Waals surface area contributed by atoms with E-state index in [9.17, 15) is 13.2 Å². The van der Waals surface area contributed by atoms with Gasteiger partial charge in [0.2, 0.25) is 15.9 Å². The number of primary amides is 1. The lowest BCUT2D eigenvalue weighted by atomic mass is 10.1. The van der Waals surface area contributed by atoms with Gasteiger partial charge in [0.05, 0.1) is 11.7 Å². The second-order valence-corrected chi connectivity index (χ2v) is 7.18. The molecule has 0 bridgehead atoms. The Morgan fingerprint density at radius 2 is 1.89 bits per heavy atom. The molecule has 0 aromatic carbocycles. The molecule has 1 radical (unpaired) electrons. The van der Waals surface area contributed by atoms with Crippen molar-refractivity contribution in [3.05, 3.63) is 5.92 Å². The molecule has 1 amide bonds. The van der Waals surface area contributed by atoms with Crippen molar-refractivity contribution in [3.8, 4) is 0 Å². The average Bonchev–Trinajstić information content (AvgIpc) is 2.28. The van der Waals surface area contributed by atoms with Gasteiger partial charge in [0.25, 0.3) is 0 Å². The predicted molar refractivity (Wildman–Crippen MR) is 74.8 cm³/mol. The van der Waals surface area contributed by atoms with Gasteiger partial charge < -0.3 is 10.6 Å². The van der Waals surface area contributed by atoms with Crippen LogP contribution in [0, 0.1) is 5.92 Å². The molecule has 1 heterocycles. The van der Waals surface area contributed by atoms with Crippen molar-refractivity contribution in [1.29, 1.82) is 0 Å². The Labute approximate surface area is 115 Å². The number of amides is 1. The van der Waals surface area contributed by atoms with E-state index in [1.54, 1.807) is 0 Å². The molecule has 1 rings (SSSR count). The lowest BCUT2D eigenvalue weighted by Gasteiger charge is -2.34. The lowest BCUT2D eigenvalue weighted by molar-refractivity contribution is -0.116. The molecule has 0 atom stereocenters. The summed E-state index contributed by atoms with van der Waals surface area (Å²) in [5.41, 5.74) is 5.05. The fourth-order valence-corrected chi connectivity index (χ4v) is 3.72. The normalized spacial score (nSPS) is 19.2. The highest BCUT2D eigenvalue weighted by atomic mass is 32.2. The number of nitrogens with two attached hydrogens (primary N) is 1. The number of carbonyl (C=O) groups excluding carboxylic acids is 1. The fraction of sp³-hybridized carbons (Fsp3) is 0.833. The van der Waals surface area contributed by atoms with Crippen molar-refractivity contribution in [3.63, 3.8) is 0 Å². The molecule has 7 heteroatoms. The molecule has 1 fully saturated rings. The molecule has 19 heavy (non-hydrogen) atoms. The molecule has 0 saturated carbocycles. The summed E-state index contributed by atoms with van der Waals surface area (Å²) < 4.78 is 26.4. The number of sulfonamides is 1. The van der Waals surface area contributed by atoms with Crippen LogP contribution < -0.4 is 10.5 Å². The van der Waals surface area contributed by atoms with Gasteiger partial charge in [0, 0.05) is 12.1 Å². The van der Waals surface area contributed by atoms with Crippen LogP contribution in [-0.4, -0.2) is 50.2 Å². The largest absolute Gasteiger partial charge is 0.369 e. The summed E-state index contributed by atoms with van der Waals surface area (Å²) in [5.74, 6) is -0.820. The average molecular weight is 290 g/mol. The molecule has 6 nitrogen and oxygen atoms in total. The van der Waals surface area contributed by atoms with Gasteiger partial charge in [-0.1, -0.05) is 0 Å². The van der Waals surface area contributed by atoms with Gasteiger partial charge in [-0.05, 0) is 46.7 Å². The summed E-state index contributed by atoms with van der Waals surface area (Å²) in [6.45, 7) is 7.50. The van der Waals surface area contributed by atoms with Crippen molar-refractivity contribution in [1.82, 2.24) is 9.62 Å². The Morgan fingerprint density at radius 1 is 1.37 bits per heavy atom. The van der Waals surface area contributed by atoms with Crippen LogP contribution in [0.15, 0.2) is 0 Å². The minimum absolute atomic E-state index is 0.0410. The van der Waals surface area contributed by atoms with E-state index in [0.29, 0.717) is 6.04 Å². The number of nitrogens with one attached hydrogen (secondary N) is 1. The maximum absolute atomic E-state index is 11.9. The zero-order valence-electron chi connectivity index (χ0n) is 11.8. The molecule has 0 spiro atoms. The van der Waals surface area contributed by atoms with Crippen molar-refractivity contribution in [2.24, 2.45) is 5.73 Å². The van der Waals surface area contributed by atoms with Gasteiger partial charge in [0.15, 0.2) is 0 Å². The van der Waals surface area contributed by atoms with Crippen LogP contribution in [0.2, 0.25) is 0 Å². The number of piperidine rings is 1. The summed E-state index contributed by atoms with van der Waals surface area (Å²) in [4.78, 5) is 13.2. The van der Waals surface area contributed by atoms with Gasteiger partial charge in [-0.2, -0.15) is 0 Å². The van der Waals surface area contributed by atoms with Gasteiger partial charge in [-0.25, -0.2) is 13.1 Å². The molecular formula is C12H24N3O3S. The highest BCUT2D eigenvalue weighted by molar-refractivity contribution is 7.89. The van der Waals surface area contributed by atoms with Gasteiger partial charge in [-0.3, -0.25) is 4.79 Å². The third-order valence-electron chi connectivity index (χ3n) is 3.43. The van der Waals surface area contributed by atoms with Crippen LogP contribution in [0.1, 0.15) is 33.6 Å². The fourth-order valence-electron chi connectivity index (χ4n) is 2.19. The van der Waals surface area contributed by atoms with E-state index in [2.05, 4.69) is 23.5 Å². The van der Waals surface area contributed by atoms with E-state index >= 15 is 0 Å². The van der Waals surface area contributed by atoms with Gasteiger partial charge in [-0.15, -0.1) is 0 Å². The second kappa shape index (κ2) is 6.67. The molecule has 1 aliphatic heterocycles. The smallest absolute Gasteiger partial charge is 0.225 e. The summed E-state index contributed by atoms with van der Waals surface area (Å²) in [5, 5.41) is 0. The van der Waals surface area contributed by atoms with Crippen molar-refractivity contribution < 1.29 is 13.2 Å². The molecule has 0 aromatic heterocycles. The zero-order chi connectivity index (χ0) is 14.6. The van der Waals surface area contributed by atoms with Gasteiger partial charge in [0.1, 0.15) is 0 Å². The molecule has 1 aliphatic rings. The second-order valence-electron chi connectivity index (χ2n) is 5.43. The molecule has 3 N–H and O–H groups in total. The summed E-state index contributed by atoms with van der Waals surface area (Å²) >= 11 is 0. The molecule has 111 valence electrons. The van der Waals surface area contributed by atoms with E-state index in [0.717, 1.165) is 25.9 Å². The molecule has 0 aromatic rings. The highest BCUT2D eigenvalue weighted by Crippen LogP contribution is 2.14. The van der Waals surface area contributed by atoms with E-state index < -0.39 is 15.9 Å². The number of nitrogens with zero attached hydrogens (tertiary/aromatic N) is 1. The van der Waals surface area contributed by atoms with E-state index in [-0.39, 0.29) is 17.7 Å². The zero-order valence-corrected chi connectivity index (χ0v) is 12.7. The van der Waals surface area contributed by atoms with Crippen LogP contribution >= 0.6 is 0 Å². The number of hydrogen-bond donors (Lipinski definition) is 2. The number of likely N-dealkylation sites (tertiary alicyclic amines) is 1. The maximum atomic E-state index is 11.9. The van der Waals surface area contributed by atoms with Crippen molar-refractivity contribution >= 4 is 15.9 Å². The summed E-state index contributed by atoms with van der Waals surface area (Å²) in [7, 11) is -3.47. The predicted octanol–water partition coefficient (Wildman–Crippen LogP) is -0.142. The van der Waals surface area contributed by atoms with E-state index in [1.165, 1.54) is 6.92 Å². The van der Waals surface area contributed by atoms with Crippen LogP contribution in [0.5, 0.6) is 0 Å². The quantitative estimate of drug-likeness (QED) is 0.712. The first-order valence-corrected chi connectivity index (χ1v) is 8.23. The summed E-state index contributed by atoms with van der Waals surface area (Å²) in [6, 6.07) is 0.448. The third-order valence-corrected chi connectivity index (χ3v) is 4.94. The Bertz CT molecular complexity index is 400. The topological polar surface area (TPSA) is 92.5 Å². The number of rotatable bonds is 6. The summed E-state index contributed by atoms with van der Waals surface area (Å²) in [6.07, 6.45) is 1.60. The third kappa shape index (κ3) is 5.46. The first kappa shape index (κ1) is 16.4. The first-order chi connectivity index (χ1) is 8.71. The maximum Gasteiger partial charge on any atom is 0.225 e. The first-order valence-electron chi connectivity index (χ1n) is 6.57. The minimum atomic E-state index is -3.47. The van der Waals surface area contributed by atoms with Crippen LogP contribution in [0.3, 0.4) is 0 Å². The minimum Gasteiger partial charge on any atom is -0.369 e. The SMILES string of the molecule is C[C](CS(=O)(=O)NC1CCN(C(C)C)CC1)C(N)=O. The molecular weight excluding hydrogens is 266 g/mol. The number of hydrogen-bond acceptors (Lipinski definition) is 4. The standard InChI is InChI=1S/C12H24N3O3S/c1-9(2)15-6-4-11(5-7-15)14-19(17,18)8-10(3)12(13)16/h9,11,14H,4-8H2,1-3H3,(H2,13,16). The van der Waals surface area contributed by atoms with E-state index in [4.69, 9.17) is 5.73 Å². The Balaban J connectivity index is 2.45. The van der Waals surface area contributed by atoms with Crippen LogP contribution in [-0.2, 0) is 14.8 Å². The Kier molecular flexibility index (Phi) is 5.76.